The molecule has 0 saturated carbocycles. The monoisotopic (exact) mass is 228 g/mol. The Bertz CT molecular complexity index is 475. The number of methoxy groups -OCH3 is 1. The summed E-state index contributed by atoms with van der Waals surface area (Å²) >= 11 is 0. The summed E-state index contributed by atoms with van der Waals surface area (Å²) in [6.07, 6.45) is 0. The molecule has 0 unspecified atom stereocenters. The second kappa shape index (κ2) is 5.39. The maximum absolute atomic E-state index is 5.42. The summed E-state index contributed by atoms with van der Waals surface area (Å²) in [5.74, 6) is 1.78. The third kappa shape index (κ3) is 2.59. The van der Waals surface area contributed by atoms with Crippen LogP contribution in [0.3, 0.4) is 0 Å². The van der Waals surface area contributed by atoms with Gasteiger partial charge in [0.05, 0.1) is 13.7 Å². The lowest BCUT2D eigenvalue weighted by Gasteiger charge is -2.09. The molecule has 88 valence electrons. The highest BCUT2D eigenvalue weighted by Gasteiger charge is 2.04. The first kappa shape index (κ1) is 11.5. The van der Waals surface area contributed by atoms with Crippen molar-refractivity contribution in [2.75, 3.05) is 13.7 Å². The molecule has 2 nitrogen and oxygen atoms in total. The fourth-order valence-electron chi connectivity index (χ4n) is 1.78. The number of benzene rings is 2. The molecule has 0 atom stereocenters. The molecule has 0 aromatic heterocycles. The van der Waals surface area contributed by atoms with Crippen LogP contribution in [0.4, 0.5) is 0 Å². The zero-order valence-corrected chi connectivity index (χ0v) is 10.1. The largest absolute Gasteiger partial charge is 0.496 e. The molecule has 0 aliphatic carbocycles. The summed E-state index contributed by atoms with van der Waals surface area (Å²) < 4.78 is 10.8. The highest BCUT2D eigenvalue weighted by atomic mass is 16.5. The molecular weight excluding hydrogens is 212 g/mol. The summed E-state index contributed by atoms with van der Waals surface area (Å²) in [6.45, 7) is 2.67. The molecule has 0 fully saturated rings. The molecule has 2 aromatic carbocycles. The zero-order valence-electron chi connectivity index (χ0n) is 10.1. The van der Waals surface area contributed by atoms with Crippen molar-refractivity contribution in [2.45, 2.75) is 6.92 Å². The number of hydrogen-bond acceptors (Lipinski definition) is 2. The van der Waals surface area contributed by atoms with Crippen LogP contribution in [-0.2, 0) is 0 Å². The summed E-state index contributed by atoms with van der Waals surface area (Å²) in [5, 5.41) is 0. The van der Waals surface area contributed by atoms with Crippen molar-refractivity contribution in [3.05, 3.63) is 48.5 Å². The molecule has 0 saturated heterocycles. The van der Waals surface area contributed by atoms with Crippen molar-refractivity contribution >= 4 is 0 Å². The normalized spacial score (nSPS) is 10.0. The Morgan fingerprint density at radius 1 is 0.941 bits per heavy atom. The zero-order chi connectivity index (χ0) is 12.1. The van der Waals surface area contributed by atoms with E-state index in [-0.39, 0.29) is 0 Å². The lowest BCUT2D eigenvalue weighted by atomic mass is 10.0. The average molecular weight is 228 g/mol. The molecule has 0 bridgehead atoms. The SMILES string of the molecule is CCOc1ccc(-c2ccccc2OC)cc1. The van der Waals surface area contributed by atoms with Crippen LogP contribution in [-0.4, -0.2) is 13.7 Å². The Morgan fingerprint density at radius 2 is 1.65 bits per heavy atom. The first-order chi connectivity index (χ1) is 8.35. The van der Waals surface area contributed by atoms with Crippen LogP contribution in [0.15, 0.2) is 48.5 Å². The number of ether oxygens (including phenoxy) is 2. The average Bonchev–Trinajstić information content (AvgIpc) is 2.40. The van der Waals surface area contributed by atoms with Gasteiger partial charge in [-0.15, -0.1) is 0 Å². The van der Waals surface area contributed by atoms with Gasteiger partial charge in [-0.05, 0) is 30.7 Å². The molecule has 0 aliphatic heterocycles. The molecule has 2 rings (SSSR count). The molecule has 0 N–H and O–H groups in total. The van der Waals surface area contributed by atoms with Crippen LogP contribution < -0.4 is 9.47 Å². The van der Waals surface area contributed by atoms with E-state index >= 15 is 0 Å². The van der Waals surface area contributed by atoms with Crippen molar-refractivity contribution in [1.82, 2.24) is 0 Å². The van der Waals surface area contributed by atoms with Crippen molar-refractivity contribution in [2.24, 2.45) is 0 Å². The second-order valence-electron chi connectivity index (χ2n) is 3.66. The predicted molar refractivity (Wildman–Crippen MR) is 69.6 cm³/mol. The van der Waals surface area contributed by atoms with Crippen LogP contribution in [0.25, 0.3) is 11.1 Å². The van der Waals surface area contributed by atoms with Crippen molar-refractivity contribution < 1.29 is 9.47 Å². The number of hydrogen-bond donors (Lipinski definition) is 0. The van der Waals surface area contributed by atoms with Gasteiger partial charge in [0.15, 0.2) is 0 Å². The van der Waals surface area contributed by atoms with Gasteiger partial charge in [-0.3, -0.25) is 0 Å². The van der Waals surface area contributed by atoms with Crippen molar-refractivity contribution in [3.8, 4) is 22.6 Å². The van der Waals surface area contributed by atoms with Gasteiger partial charge in [0.25, 0.3) is 0 Å². The summed E-state index contributed by atoms with van der Waals surface area (Å²) in [7, 11) is 1.69. The van der Waals surface area contributed by atoms with E-state index in [9.17, 15) is 0 Å². The maximum atomic E-state index is 5.42. The predicted octanol–water partition coefficient (Wildman–Crippen LogP) is 3.76. The van der Waals surface area contributed by atoms with Gasteiger partial charge >= 0.3 is 0 Å². The minimum Gasteiger partial charge on any atom is -0.496 e. The third-order valence-corrected chi connectivity index (χ3v) is 2.58. The van der Waals surface area contributed by atoms with E-state index in [2.05, 4.69) is 6.07 Å². The Hall–Kier alpha value is -1.96. The molecule has 17 heavy (non-hydrogen) atoms. The lowest BCUT2D eigenvalue weighted by molar-refractivity contribution is 0.340. The van der Waals surface area contributed by atoms with E-state index < -0.39 is 0 Å². The highest BCUT2D eigenvalue weighted by molar-refractivity contribution is 5.70. The minimum atomic E-state index is 0.688. The third-order valence-electron chi connectivity index (χ3n) is 2.58. The van der Waals surface area contributed by atoms with E-state index in [0.717, 1.165) is 22.6 Å². The topological polar surface area (TPSA) is 18.5 Å². The van der Waals surface area contributed by atoms with E-state index in [0.29, 0.717) is 6.61 Å². The summed E-state index contributed by atoms with van der Waals surface area (Å²) in [6, 6.07) is 16.0. The quantitative estimate of drug-likeness (QED) is 0.793. The van der Waals surface area contributed by atoms with E-state index in [1.54, 1.807) is 7.11 Å². The smallest absolute Gasteiger partial charge is 0.126 e. The summed E-state index contributed by atoms with van der Waals surface area (Å²) in [5.41, 5.74) is 2.23. The van der Waals surface area contributed by atoms with E-state index in [1.165, 1.54) is 0 Å². The molecule has 0 aliphatic rings. The van der Waals surface area contributed by atoms with Crippen LogP contribution in [0, 0.1) is 0 Å². The van der Waals surface area contributed by atoms with Crippen LogP contribution in [0.1, 0.15) is 6.92 Å². The molecule has 0 amide bonds. The Morgan fingerprint density at radius 3 is 2.29 bits per heavy atom. The molecule has 0 heterocycles. The highest BCUT2D eigenvalue weighted by Crippen LogP contribution is 2.30. The molecule has 2 aromatic rings. The molecular formula is C15H16O2. The van der Waals surface area contributed by atoms with Crippen LogP contribution in [0.2, 0.25) is 0 Å². The molecule has 2 heteroatoms. The van der Waals surface area contributed by atoms with Gasteiger partial charge in [0.2, 0.25) is 0 Å². The number of rotatable bonds is 4. The van der Waals surface area contributed by atoms with Gasteiger partial charge in [0.1, 0.15) is 11.5 Å². The van der Waals surface area contributed by atoms with Crippen molar-refractivity contribution in [1.29, 1.82) is 0 Å². The number of para-hydroxylation sites is 1. The van der Waals surface area contributed by atoms with Crippen molar-refractivity contribution in [3.63, 3.8) is 0 Å². The lowest BCUT2D eigenvalue weighted by Crippen LogP contribution is -1.91. The second-order valence-corrected chi connectivity index (χ2v) is 3.66. The Kier molecular flexibility index (Phi) is 3.66. The van der Waals surface area contributed by atoms with E-state index in [4.69, 9.17) is 9.47 Å². The fourth-order valence-corrected chi connectivity index (χ4v) is 1.78. The van der Waals surface area contributed by atoms with Gasteiger partial charge in [-0.2, -0.15) is 0 Å². The first-order valence-corrected chi connectivity index (χ1v) is 5.71. The maximum Gasteiger partial charge on any atom is 0.126 e. The minimum absolute atomic E-state index is 0.688. The van der Waals surface area contributed by atoms with E-state index in [1.807, 2.05) is 49.4 Å². The first-order valence-electron chi connectivity index (χ1n) is 5.71. The van der Waals surface area contributed by atoms with Crippen LogP contribution in [0.5, 0.6) is 11.5 Å². The molecule has 0 spiro atoms. The van der Waals surface area contributed by atoms with Gasteiger partial charge in [-0.25, -0.2) is 0 Å². The standard InChI is InChI=1S/C15H16O2/c1-3-17-13-10-8-12(9-11-13)14-6-4-5-7-15(14)16-2/h4-11H,3H2,1-2H3. The summed E-state index contributed by atoms with van der Waals surface area (Å²) in [4.78, 5) is 0. The van der Waals surface area contributed by atoms with Gasteiger partial charge in [-0.1, -0.05) is 30.3 Å². The Labute approximate surface area is 102 Å². The fraction of sp³-hybridized carbons (Fsp3) is 0.200. The van der Waals surface area contributed by atoms with Crippen LogP contribution >= 0.6 is 0 Å². The Balaban J connectivity index is 2.33. The molecule has 0 radical (unpaired) electrons. The van der Waals surface area contributed by atoms with Gasteiger partial charge in [0, 0.05) is 5.56 Å². The van der Waals surface area contributed by atoms with Gasteiger partial charge < -0.3 is 9.47 Å².